The summed E-state index contributed by atoms with van der Waals surface area (Å²) in [6.07, 6.45) is 4.23. The van der Waals surface area contributed by atoms with Gasteiger partial charge in [-0.2, -0.15) is 0 Å². The molecule has 3 unspecified atom stereocenters. The Kier molecular flexibility index (Phi) is 3.68. The van der Waals surface area contributed by atoms with Gasteiger partial charge in [0.2, 0.25) is 0 Å². The molecular formula is C16H24. The third-order valence-electron chi connectivity index (χ3n) is 4.41. The van der Waals surface area contributed by atoms with Gasteiger partial charge in [0.1, 0.15) is 0 Å². The van der Waals surface area contributed by atoms with Crippen molar-refractivity contribution in [3.8, 4) is 0 Å². The first kappa shape index (κ1) is 11.7. The summed E-state index contributed by atoms with van der Waals surface area (Å²) in [5.74, 6) is 3.43. The van der Waals surface area contributed by atoms with E-state index in [1.54, 1.807) is 5.56 Å². The van der Waals surface area contributed by atoms with Gasteiger partial charge in [0.05, 0.1) is 0 Å². The van der Waals surface area contributed by atoms with Crippen molar-refractivity contribution >= 4 is 0 Å². The molecule has 2 rings (SSSR count). The lowest BCUT2D eigenvalue weighted by Crippen LogP contribution is -2.24. The molecule has 88 valence electrons. The molecule has 1 fully saturated rings. The number of hydrogen-bond acceptors (Lipinski definition) is 0. The third-order valence-corrected chi connectivity index (χ3v) is 4.41. The van der Waals surface area contributed by atoms with Gasteiger partial charge in [-0.25, -0.2) is 0 Å². The van der Waals surface area contributed by atoms with Crippen LogP contribution in [-0.4, -0.2) is 0 Å². The summed E-state index contributed by atoms with van der Waals surface area (Å²) in [6, 6.07) is 11.1. The van der Waals surface area contributed by atoms with Crippen LogP contribution in [0.1, 0.15) is 51.5 Å². The highest BCUT2D eigenvalue weighted by atomic mass is 14.3. The van der Waals surface area contributed by atoms with Crippen molar-refractivity contribution in [1.82, 2.24) is 0 Å². The van der Waals surface area contributed by atoms with Crippen LogP contribution in [0.25, 0.3) is 0 Å². The molecule has 1 saturated carbocycles. The van der Waals surface area contributed by atoms with Crippen LogP contribution in [0.3, 0.4) is 0 Å². The van der Waals surface area contributed by atoms with E-state index in [9.17, 15) is 0 Å². The standard InChI is InChI=1S/C16H24/c1-12(2)15-10-9-13(3)16(11-15)14-7-5-4-6-8-14/h4-8,12-13,15-16H,9-11H2,1-3H3. The minimum Gasteiger partial charge on any atom is -0.0625 e. The molecule has 0 saturated heterocycles. The van der Waals surface area contributed by atoms with Crippen LogP contribution in [0.2, 0.25) is 0 Å². The van der Waals surface area contributed by atoms with Crippen LogP contribution in [0.15, 0.2) is 30.3 Å². The summed E-state index contributed by atoms with van der Waals surface area (Å²) in [7, 11) is 0. The first-order valence-electron chi connectivity index (χ1n) is 6.73. The lowest BCUT2D eigenvalue weighted by molar-refractivity contribution is 0.204. The zero-order valence-corrected chi connectivity index (χ0v) is 10.8. The monoisotopic (exact) mass is 216 g/mol. The van der Waals surface area contributed by atoms with Crippen LogP contribution in [-0.2, 0) is 0 Å². The maximum Gasteiger partial charge on any atom is -0.0134 e. The van der Waals surface area contributed by atoms with Crippen molar-refractivity contribution in [3.63, 3.8) is 0 Å². The number of benzene rings is 1. The molecule has 1 aliphatic rings. The van der Waals surface area contributed by atoms with E-state index in [0.717, 1.165) is 23.7 Å². The van der Waals surface area contributed by atoms with Gasteiger partial charge in [0.25, 0.3) is 0 Å². The number of rotatable bonds is 2. The van der Waals surface area contributed by atoms with E-state index in [-0.39, 0.29) is 0 Å². The summed E-state index contributed by atoms with van der Waals surface area (Å²) in [6.45, 7) is 7.18. The topological polar surface area (TPSA) is 0 Å². The average Bonchev–Trinajstić information content (AvgIpc) is 2.30. The lowest BCUT2D eigenvalue weighted by atomic mass is 9.69. The zero-order valence-electron chi connectivity index (χ0n) is 10.8. The van der Waals surface area contributed by atoms with Crippen LogP contribution in [0, 0.1) is 17.8 Å². The van der Waals surface area contributed by atoms with Gasteiger partial charge in [-0.05, 0) is 48.5 Å². The summed E-state index contributed by atoms with van der Waals surface area (Å²) in [4.78, 5) is 0. The molecule has 16 heavy (non-hydrogen) atoms. The fourth-order valence-electron chi connectivity index (χ4n) is 3.12. The van der Waals surface area contributed by atoms with Gasteiger partial charge in [-0.3, -0.25) is 0 Å². The van der Waals surface area contributed by atoms with Crippen LogP contribution in [0.4, 0.5) is 0 Å². The summed E-state index contributed by atoms with van der Waals surface area (Å²) >= 11 is 0. The van der Waals surface area contributed by atoms with Crippen molar-refractivity contribution in [2.45, 2.75) is 46.0 Å². The van der Waals surface area contributed by atoms with Crippen LogP contribution in [0.5, 0.6) is 0 Å². The molecule has 1 aliphatic carbocycles. The normalized spacial score (nSPS) is 30.6. The SMILES string of the molecule is CC(C)C1CCC(C)C(c2ccccc2)C1. The Balaban J connectivity index is 2.13. The van der Waals surface area contributed by atoms with E-state index in [0.29, 0.717) is 0 Å². The minimum absolute atomic E-state index is 0.794. The van der Waals surface area contributed by atoms with Crippen LogP contribution >= 0.6 is 0 Å². The first-order chi connectivity index (χ1) is 7.68. The second-order valence-corrected chi connectivity index (χ2v) is 5.81. The molecule has 0 heterocycles. The molecular weight excluding hydrogens is 192 g/mol. The molecule has 0 amide bonds. The predicted octanol–water partition coefficient (Wildman–Crippen LogP) is 4.86. The van der Waals surface area contributed by atoms with Crippen LogP contribution < -0.4 is 0 Å². The van der Waals surface area contributed by atoms with Crippen molar-refractivity contribution in [2.75, 3.05) is 0 Å². The lowest BCUT2D eigenvalue weighted by Gasteiger charge is -2.36. The summed E-state index contributed by atoms with van der Waals surface area (Å²) < 4.78 is 0. The Hall–Kier alpha value is -0.780. The van der Waals surface area contributed by atoms with Gasteiger partial charge >= 0.3 is 0 Å². The van der Waals surface area contributed by atoms with E-state index in [4.69, 9.17) is 0 Å². The Morgan fingerprint density at radius 3 is 2.38 bits per heavy atom. The molecule has 1 aromatic rings. The Bertz CT molecular complexity index is 312. The molecule has 0 spiro atoms. The Labute approximate surface area is 100 Å². The van der Waals surface area contributed by atoms with Gasteiger partial charge in [-0.1, -0.05) is 51.1 Å². The molecule has 0 nitrogen and oxygen atoms in total. The zero-order chi connectivity index (χ0) is 11.5. The summed E-state index contributed by atoms with van der Waals surface area (Å²) in [5, 5.41) is 0. The van der Waals surface area contributed by atoms with Crippen molar-refractivity contribution < 1.29 is 0 Å². The minimum atomic E-state index is 0.794. The van der Waals surface area contributed by atoms with E-state index < -0.39 is 0 Å². The molecule has 0 aliphatic heterocycles. The second kappa shape index (κ2) is 5.03. The largest absolute Gasteiger partial charge is 0.0625 e. The molecule has 0 N–H and O–H groups in total. The Morgan fingerprint density at radius 1 is 1.06 bits per heavy atom. The molecule has 1 aromatic carbocycles. The highest BCUT2D eigenvalue weighted by molar-refractivity contribution is 5.20. The third kappa shape index (κ3) is 2.48. The van der Waals surface area contributed by atoms with E-state index in [1.807, 2.05) is 0 Å². The second-order valence-electron chi connectivity index (χ2n) is 5.81. The van der Waals surface area contributed by atoms with Crippen molar-refractivity contribution in [3.05, 3.63) is 35.9 Å². The Morgan fingerprint density at radius 2 is 1.75 bits per heavy atom. The quantitative estimate of drug-likeness (QED) is 0.662. The number of hydrogen-bond donors (Lipinski definition) is 0. The molecule has 0 radical (unpaired) electrons. The molecule has 0 bridgehead atoms. The highest BCUT2D eigenvalue weighted by Crippen LogP contribution is 2.42. The van der Waals surface area contributed by atoms with Crippen molar-refractivity contribution in [2.24, 2.45) is 17.8 Å². The van der Waals surface area contributed by atoms with Gasteiger partial charge in [0, 0.05) is 0 Å². The van der Waals surface area contributed by atoms with E-state index in [1.165, 1.54) is 19.3 Å². The predicted molar refractivity (Wildman–Crippen MR) is 70.5 cm³/mol. The van der Waals surface area contributed by atoms with E-state index in [2.05, 4.69) is 51.1 Å². The molecule has 0 heteroatoms. The summed E-state index contributed by atoms with van der Waals surface area (Å²) in [5.41, 5.74) is 1.56. The van der Waals surface area contributed by atoms with Gasteiger partial charge in [0.15, 0.2) is 0 Å². The fraction of sp³-hybridized carbons (Fsp3) is 0.625. The fourth-order valence-corrected chi connectivity index (χ4v) is 3.12. The first-order valence-corrected chi connectivity index (χ1v) is 6.73. The maximum absolute atomic E-state index is 2.42. The van der Waals surface area contributed by atoms with E-state index >= 15 is 0 Å². The van der Waals surface area contributed by atoms with Gasteiger partial charge < -0.3 is 0 Å². The van der Waals surface area contributed by atoms with Gasteiger partial charge in [-0.15, -0.1) is 0 Å². The highest BCUT2D eigenvalue weighted by Gasteiger charge is 2.29. The molecule has 0 aromatic heterocycles. The smallest absolute Gasteiger partial charge is 0.0134 e. The maximum atomic E-state index is 2.42. The van der Waals surface area contributed by atoms with Crippen molar-refractivity contribution in [1.29, 1.82) is 0 Å². The average molecular weight is 216 g/mol. The molecule has 3 atom stereocenters.